The normalized spacial score (nSPS) is 10.1. The number of anilines is 1. The summed E-state index contributed by atoms with van der Waals surface area (Å²) in [5, 5.41) is 2.41. The first kappa shape index (κ1) is 15.1. The van der Waals surface area contributed by atoms with Crippen LogP contribution in [-0.2, 0) is 9.59 Å². The molecule has 1 aromatic rings. The SMILES string of the molecule is CCCN(CCC)C(=O)C(=O)Nc1cccc(F)c1. The minimum absolute atomic E-state index is 0.284. The molecule has 0 atom stereocenters. The second-order valence-electron chi connectivity index (χ2n) is 4.26. The standard InChI is InChI=1S/C14H19FN2O2/c1-3-8-17(9-4-2)14(19)13(18)16-12-7-5-6-11(15)10-12/h5-7,10H,3-4,8-9H2,1-2H3,(H,16,18). The molecule has 19 heavy (non-hydrogen) atoms. The maximum absolute atomic E-state index is 13.0. The highest BCUT2D eigenvalue weighted by molar-refractivity contribution is 6.39. The van der Waals surface area contributed by atoms with Crippen molar-refractivity contribution in [2.24, 2.45) is 0 Å². The lowest BCUT2D eigenvalue weighted by Gasteiger charge is -2.20. The van der Waals surface area contributed by atoms with Gasteiger partial charge in [-0.3, -0.25) is 9.59 Å². The molecule has 0 unspecified atom stereocenters. The van der Waals surface area contributed by atoms with Crippen molar-refractivity contribution in [3.05, 3.63) is 30.1 Å². The van der Waals surface area contributed by atoms with Gasteiger partial charge in [-0.25, -0.2) is 4.39 Å². The van der Waals surface area contributed by atoms with Crippen LogP contribution in [0.3, 0.4) is 0 Å². The van der Waals surface area contributed by atoms with Crippen LogP contribution in [-0.4, -0.2) is 29.8 Å². The topological polar surface area (TPSA) is 49.4 Å². The molecule has 0 heterocycles. The quantitative estimate of drug-likeness (QED) is 0.832. The van der Waals surface area contributed by atoms with Gasteiger partial charge in [0, 0.05) is 18.8 Å². The summed E-state index contributed by atoms with van der Waals surface area (Å²) >= 11 is 0. The summed E-state index contributed by atoms with van der Waals surface area (Å²) in [5.74, 6) is -1.76. The Morgan fingerprint density at radius 3 is 2.37 bits per heavy atom. The van der Waals surface area contributed by atoms with Crippen LogP contribution in [0.2, 0.25) is 0 Å². The molecule has 0 saturated carbocycles. The average molecular weight is 266 g/mol. The van der Waals surface area contributed by atoms with Crippen molar-refractivity contribution in [3.8, 4) is 0 Å². The van der Waals surface area contributed by atoms with Crippen LogP contribution >= 0.6 is 0 Å². The van der Waals surface area contributed by atoms with Crippen LogP contribution in [0.15, 0.2) is 24.3 Å². The number of halogens is 1. The van der Waals surface area contributed by atoms with E-state index in [0.717, 1.165) is 12.8 Å². The molecule has 2 amide bonds. The monoisotopic (exact) mass is 266 g/mol. The summed E-state index contributed by atoms with van der Waals surface area (Å²) in [4.78, 5) is 25.2. The average Bonchev–Trinajstić information content (AvgIpc) is 2.37. The van der Waals surface area contributed by atoms with E-state index in [9.17, 15) is 14.0 Å². The predicted octanol–water partition coefficient (Wildman–Crippen LogP) is 2.41. The number of carbonyl (C=O) groups is 2. The van der Waals surface area contributed by atoms with Crippen LogP contribution in [0.25, 0.3) is 0 Å². The fourth-order valence-corrected chi connectivity index (χ4v) is 1.75. The molecule has 0 radical (unpaired) electrons. The van der Waals surface area contributed by atoms with Crippen molar-refractivity contribution in [1.82, 2.24) is 4.90 Å². The first-order chi connectivity index (χ1) is 9.08. The number of benzene rings is 1. The third-order valence-electron chi connectivity index (χ3n) is 2.55. The van der Waals surface area contributed by atoms with Gasteiger partial charge < -0.3 is 10.2 Å². The van der Waals surface area contributed by atoms with Crippen molar-refractivity contribution in [1.29, 1.82) is 0 Å². The number of hydrogen-bond acceptors (Lipinski definition) is 2. The Hall–Kier alpha value is -1.91. The number of carbonyl (C=O) groups excluding carboxylic acids is 2. The Bertz CT molecular complexity index is 443. The van der Waals surface area contributed by atoms with Gasteiger partial charge in [-0.1, -0.05) is 19.9 Å². The van der Waals surface area contributed by atoms with Gasteiger partial charge in [0.05, 0.1) is 0 Å². The van der Waals surface area contributed by atoms with Gasteiger partial charge in [-0.15, -0.1) is 0 Å². The van der Waals surface area contributed by atoms with Gasteiger partial charge in [0.15, 0.2) is 0 Å². The third kappa shape index (κ3) is 4.69. The van der Waals surface area contributed by atoms with E-state index < -0.39 is 17.6 Å². The zero-order valence-electron chi connectivity index (χ0n) is 11.3. The Kier molecular flexibility index (Phi) is 5.99. The second kappa shape index (κ2) is 7.51. The molecule has 0 fully saturated rings. The van der Waals surface area contributed by atoms with E-state index in [4.69, 9.17) is 0 Å². The number of hydrogen-bond donors (Lipinski definition) is 1. The molecule has 0 bridgehead atoms. The van der Waals surface area contributed by atoms with Crippen LogP contribution in [0.4, 0.5) is 10.1 Å². The van der Waals surface area contributed by atoms with E-state index in [1.165, 1.54) is 29.2 Å². The van der Waals surface area contributed by atoms with Gasteiger partial charge in [0.2, 0.25) is 0 Å². The van der Waals surface area contributed by atoms with E-state index in [1.54, 1.807) is 0 Å². The maximum atomic E-state index is 13.0. The summed E-state index contributed by atoms with van der Waals surface area (Å²) in [6.45, 7) is 4.98. The highest BCUT2D eigenvalue weighted by Gasteiger charge is 2.20. The molecule has 0 saturated heterocycles. The lowest BCUT2D eigenvalue weighted by molar-refractivity contribution is -0.143. The largest absolute Gasteiger partial charge is 0.334 e. The van der Waals surface area contributed by atoms with Crippen molar-refractivity contribution < 1.29 is 14.0 Å². The third-order valence-corrected chi connectivity index (χ3v) is 2.55. The van der Waals surface area contributed by atoms with E-state index in [1.807, 2.05) is 13.8 Å². The molecule has 0 spiro atoms. The molecule has 104 valence electrons. The number of rotatable bonds is 5. The van der Waals surface area contributed by atoms with Gasteiger partial charge in [0.1, 0.15) is 5.82 Å². The second-order valence-corrected chi connectivity index (χ2v) is 4.26. The predicted molar refractivity (Wildman–Crippen MR) is 72.2 cm³/mol. The van der Waals surface area contributed by atoms with Gasteiger partial charge >= 0.3 is 11.8 Å². The zero-order valence-corrected chi connectivity index (χ0v) is 11.3. The summed E-state index contributed by atoms with van der Waals surface area (Å²) in [6, 6.07) is 5.47. The molecule has 0 aliphatic rings. The van der Waals surface area contributed by atoms with Crippen molar-refractivity contribution in [2.75, 3.05) is 18.4 Å². The summed E-state index contributed by atoms with van der Waals surface area (Å²) < 4.78 is 13.0. The number of amides is 2. The minimum atomic E-state index is -0.729. The van der Waals surface area contributed by atoms with Crippen molar-refractivity contribution >= 4 is 17.5 Å². The van der Waals surface area contributed by atoms with Crippen molar-refractivity contribution in [3.63, 3.8) is 0 Å². The van der Waals surface area contributed by atoms with Crippen LogP contribution in [0, 0.1) is 5.82 Å². The number of nitrogens with zero attached hydrogens (tertiary/aromatic N) is 1. The highest BCUT2D eigenvalue weighted by Crippen LogP contribution is 2.09. The molecule has 0 aliphatic carbocycles. The fourth-order valence-electron chi connectivity index (χ4n) is 1.75. The lowest BCUT2D eigenvalue weighted by atomic mass is 10.3. The van der Waals surface area contributed by atoms with Gasteiger partial charge in [0.25, 0.3) is 0 Å². The molecular weight excluding hydrogens is 247 g/mol. The smallest absolute Gasteiger partial charge is 0.313 e. The Morgan fingerprint density at radius 1 is 1.21 bits per heavy atom. The molecule has 0 aromatic heterocycles. The molecule has 5 heteroatoms. The van der Waals surface area contributed by atoms with Gasteiger partial charge in [-0.2, -0.15) is 0 Å². The maximum Gasteiger partial charge on any atom is 0.313 e. The van der Waals surface area contributed by atoms with E-state index in [0.29, 0.717) is 13.1 Å². The Labute approximate surface area is 112 Å². The molecule has 1 N–H and O–H groups in total. The van der Waals surface area contributed by atoms with E-state index in [-0.39, 0.29) is 5.69 Å². The van der Waals surface area contributed by atoms with Crippen LogP contribution in [0.1, 0.15) is 26.7 Å². The molecule has 1 rings (SSSR count). The Balaban J connectivity index is 2.68. The van der Waals surface area contributed by atoms with Crippen LogP contribution < -0.4 is 5.32 Å². The summed E-state index contributed by atoms with van der Waals surface area (Å²) in [6.07, 6.45) is 1.58. The molecule has 0 aliphatic heterocycles. The minimum Gasteiger partial charge on any atom is -0.334 e. The summed E-state index contributed by atoms with van der Waals surface area (Å²) in [7, 11) is 0. The lowest BCUT2D eigenvalue weighted by Crippen LogP contribution is -2.40. The van der Waals surface area contributed by atoms with E-state index in [2.05, 4.69) is 5.32 Å². The first-order valence-corrected chi connectivity index (χ1v) is 6.44. The first-order valence-electron chi connectivity index (χ1n) is 6.44. The van der Waals surface area contributed by atoms with Gasteiger partial charge in [-0.05, 0) is 31.0 Å². The molecular formula is C14H19FN2O2. The molecule has 1 aromatic carbocycles. The number of nitrogens with one attached hydrogen (secondary N) is 1. The zero-order chi connectivity index (χ0) is 14.3. The van der Waals surface area contributed by atoms with Crippen LogP contribution in [0.5, 0.6) is 0 Å². The highest BCUT2D eigenvalue weighted by atomic mass is 19.1. The summed E-state index contributed by atoms with van der Waals surface area (Å²) in [5.41, 5.74) is 0.284. The van der Waals surface area contributed by atoms with Crippen molar-refractivity contribution in [2.45, 2.75) is 26.7 Å². The Morgan fingerprint density at radius 2 is 1.84 bits per heavy atom. The fraction of sp³-hybridized carbons (Fsp3) is 0.429. The molecule has 4 nitrogen and oxygen atoms in total. The van der Waals surface area contributed by atoms with E-state index >= 15 is 0 Å².